The summed E-state index contributed by atoms with van der Waals surface area (Å²) in [5.41, 5.74) is 1.54. The lowest BCUT2D eigenvalue weighted by molar-refractivity contribution is 0.0946. The Balaban J connectivity index is 2.01. The number of aromatic nitrogens is 1. The molecule has 1 heterocycles. The molecular formula is C21H19N3O3. The van der Waals surface area contributed by atoms with E-state index in [1.54, 1.807) is 24.3 Å². The van der Waals surface area contributed by atoms with Crippen LogP contribution < -0.4 is 10.9 Å². The van der Waals surface area contributed by atoms with E-state index in [2.05, 4.69) is 5.32 Å². The Kier molecular flexibility index (Phi) is 5.23. The molecule has 1 aromatic heterocycles. The van der Waals surface area contributed by atoms with Gasteiger partial charge in [-0.05, 0) is 24.6 Å². The Morgan fingerprint density at radius 2 is 2.00 bits per heavy atom. The number of nitrogens with zero attached hydrogens (tertiary/aromatic N) is 2. The summed E-state index contributed by atoms with van der Waals surface area (Å²) < 4.78 is 1.36. The van der Waals surface area contributed by atoms with Crippen LogP contribution in [0.4, 0.5) is 0 Å². The first kappa shape index (κ1) is 18.2. The van der Waals surface area contributed by atoms with Gasteiger partial charge in [-0.2, -0.15) is 5.26 Å². The lowest BCUT2D eigenvalue weighted by Gasteiger charge is -2.14. The molecule has 0 spiro atoms. The zero-order chi connectivity index (χ0) is 19.4. The highest BCUT2D eigenvalue weighted by molar-refractivity contribution is 6.02. The van der Waals surface area contributed by atoms with E-state index in [1.165, 1.54) is 4.57 Å². The van der Waals surface area contributed by atoms with Crippen molar-refractivity contribution < 1.29 is 9.90 Å². The molecule has 0 saturated heterocycles. The highest BCUT2D eigenvalue weighted by atomic mass is 16.3. The average Bonchev–Trinajstić information content (AvgIpc) is 2.66. The first-order valence-electron chi connectivity index (χ1n) is 8.58. The van der Waals surface area contributed by atoms with E-state index < -0.39 is 11.5 Å². The number of aryl methyl sites for hydroxylation is 2. The van der Waals surface area contributed by atoms with Crippen molar-refractivity contribution >= 4 is 16.8 Å². The Hall–Kier alpha value is -3.59. The third-order valence-corrected chi connectivity index (χ3v) is 4.36. The van der Waals surface area contributed by atoms with Crippen molar-refractivity contribution in [1.29, 1.82) is 5.26 Å². The van der Waals surface area contributed by atoms with Crippen LogP contribution in [0.5, 0.6) is 5.75 Å². The predicted molar refractivity (Wildman–Crippen MR) is 102 cm³/mol. The van der Waals surface area contributed by atoms with Crippen LogP contribution in [-0.2, 0) is 13.1 Å². The van der Waals surface area contributed by atoms with Crippen LogP contribution in [0.2, 0.25) is 0 Å². The van der Waals surface area contributed by atoms with Gasteiger partial charge in [0.25, 0.3) is 11.5 Å². The molecule has 3 aromatic rings. The van der Waals surface area contributed by atoms with Crippen LogP contribution >= 0.6 is 0 Å². The van der Waals surface area contributed by atoms with Crippen LogP contribution in [0.25, 0.3) is 10.9 Å². The van der Waals surface area contributed by atoms with Crippen LogP contribution in [0.15, 0.2) is 53.3 Å². The van der Waals surface area contributed by atoms with Crippen molar-refractivity contribution in [2.75, 3.05) is 0 Å². The summed E-state index contributed by atoms with van der Waals surface area (Å²) in [7, 11) is 0. The van der Waals surface area contributed by atoms with Crippen LogP contribution in [0, 0.1) is 18.3 Å². The number of para-hydroxylation sites is 1. The fourth-order valence-electron chi connectivity index (χ4n) is 3.07. The molecule has 0 atom stereocenters. The molecule has 2 N–H and O–H groups in total. The molecule has 1 amide bonds. The number of aromatic hydroxyl groups is 1. The summed E-state index contributed by atoms with van der Waals surface area (Å²) in [6.45, 7) is 2.34. The standard InChI is InChI=1S/C21H19N3O3/c1-14-6-4-7-15(12-14)13-23-20(26)18-19(25)16-8-2-3-9-17(16)24(21(18)27)11-5-10-22/h2-4,6-9,12,25H,5,11,13H2,1H3,(H,23,26). The molecule has 6 heteroatoms. The molecule has 0 aliphatic heterocycles. The third-order valence-electron chi connectivity index (χ3n) is 4.36. The quantitative estimate of drug-likeness (QED) is 0.730. The monoisotopic (exact) mass is 361 g/mol. The van der Waals surface area contributed by atoms with E-state index in [9.17, 15) is 14.7 Å². The van der Waals surface area contributed by atoms with Gasteiger partial charge in [0.15, 0.2) is 0 Å². The number of hydrogen-bond donors (Lipinski definition) is 2. The predicted octanol–water partition coefficient (Wildman–Crippen LogP) is 2.86. The molecule has 0 fully saturated rings. The highest BCUT2D eigenvalue weighted by Gasteiger charge is 2.21. The summed E-state index contributed by atoms with van der Waals surface area (Å²) in [5, 5.41) is 22.5. The number of benzene rings is 2. The van der Waals surface area contributed by atoms with Crippen molar-refractivity contribution in [2.45, 2.75) is 26.4 Å². The number of nitrogens with one attached hydrogen (secondary N) is 1. The van der Waals surface area contributed by atoms with E-state index in [4.69, 9.17) is 5.26 Å². The number of carbonyl (C=O) groups is 1. The first-order chi connectivity index (χ1) is 13.0. The van der Waals surface area contributed by atoms with Crippen molar-refractivity contribution in [2.24, 2.45) is 0 Å². The molecule has 0 saturated carbocycles. The number of fused-ring (bicyclic) bond motifs is 1. The summed E-state index contributed by atoms with van der Waals surface area (Å²) >= 11 is 0. The molecule has 136 valence electrons. The average molecular weight is 361 g/mol. The van der Waals surface area contributed by atoms with Crippen LogP contribution in [-0.4, -0.2) is 15.6 Å². The number of pyridine rings is 1. The summed E-state index contributed by atoms with van der Waals surface area (Å²) in [4.78, 5) is 25.5. The van der Waals surface area contributed by atoms with E-state index in [-0.39, 0.29) is 30.8 Å². The second-order valence-corrected chi connectivity index (χ2v) is 6.28. The van der Waals surface area contributed by atoms with E-state index in [0.717, 1.165) is 11.1 Å². The normalized spacial score (nSPS) is 10.5. The second kappa shape index (κ2) is 7.75. The van der Waals surface area contributed by atoms with Gasteiger partial charge in [0, 0.05) is 18.5 Å². The fraction of sp³-hybridized carbons (Fsp3) is 0.190. The van der Waals surface area contributed by atoms with Gasteiger partial charge in [-0.1, -0.05) is 42.0 Å². The largest absolute Gasteiger partial charge is 0.506 e. The van der Waals surface area contributed by atoms with Gasteiger partial charge < -0.3 is 15.0 Å². The SMILES string of the molecule is Cc1cccc(CNC(=O)c2c(O)c3ccccc3n(CCC#N)c2=O)c1. The maximum Gasteiger partial charge on any atom is 0.267 e. The molecule has 6 nitrogen and oxygen atoms in total. The molecule has 0 aliphatic rings. The molecule has 2 aromatic carbocycles. The Morgan fingerprint density at radius 3 is 2.74 bits per heavy atom. The zero-order valence-corrected chi connectivity index (χ0v) is 14.9. The van der Waals surface area contributed by atoms with Gasteiger partial charge in [-0.15, -0.1) is 0 Å². The first-order valence-corrected chi connectivity index (χ1v) is 8.58. The number of nitriles is 1. The Morgan fingerprint density at radius 1 is 1.22 bits per heavy atom. The Bertz CT molecular complexity index is 1110. The van der Waals surface area contributed by atoms with Crippen LogP contribution in [0.1, 0.15) is 27.9 Å². The van der Waals surface area contributed by atoms with E-state index in [1.807, 2.05) is 37.3 Å². The maximum absolute atomic E-state index is 12.8. The van der Waals surface area contributed by atoms with Gasteiger partial charge in [0.1, 0.15) is 11.3 Å². The van der Waals surface area contributed by atoms with Crippen LogP contribution in [0.3, 0.4) is 0 Å². The van der Waals surface area contributed by atoms with Gasteiger partial charge in [0.05, 0.1) is 18.0 Å². The molecule has 0 radical (unpaired) electrons. The van der Waals surface area contributed by atoms with Crippen molar-refractivity contribution in [3.8, 4) is 11.8 Å². The topological polar surface area (TPSA) is 95.1 Å². The minimum atomic E-state index is -0.643. The summed E-state index contributed by atoms with van der Waals surface area (Å²) in [6, 6.07) is 16.4. The zero-order valence-electron chi connectivity index (χ0n) is 14.9. The minimum absolute atomic E-state index is 0.124. The van der Waals surface area contributed by atoms with Crippen molar-refractivity contribution in [3.05, 3.63) is 75.6 Å². The smallest absolute Gasteiger partial charge is 0.267 e. The molecule has 27 heavy (non-hydrogen) atoms. The number of hydrogen-bond acceptors (Lipinski definition) is 4. The lowest BCUT2D eigenvalue weighted by atomic mass is 10.1. The summed E-state index contributed by atoms with van der Waals surface area (Å²) in [6.07, 6.45) is 0.124. The number of amides is 1. The van der Waals surface area contributed by atoms with Crippen molar-refractivity contribution in [3.63, 3.8) is 0 Å². The van der Waals surface area contributed by atoms with E-state index >= 15 is 0 Å². The maximum atomic E-state index is 12.8. The van der Waals surface area contributed by atoms with E-state index in [0.29, 0.717) is 10.9 Å². The fourth-order valence-corrected chi connectivity index (χ4v) is 3.07. The Labute approximate surface area is 156 Å². The van der Waals surface area contributed by atoms with Gasteiger partial charge in [0.2, 0.25) is 0 Å². The second-order valence-electron chi connectivity index (χ2n) is 6.28. The highest BCUT2D eigenvalue weighted by Crippen LogP contribution is 2.26. The van der Waals surface area contributed by atoms with Crippen molar-refractivity contribution in [1.82, 2.24) is 9.88 Å². The molecule has 3 rings (SSSR count). The lowest BCUT2D eigenvalue weighted by Crippen LogP contribution is -2.33. The van der Waals surface area contributed by atoms with Gasteiger partial charge in [-0.25, -0.2) is 0 Å². The number of carbonyl (C=O) groups excluding carboxylic acids is 1. The molecule has 0 unspecified atom stereocenters. The third kappa shape index (κ3) is 3.67. The molecule has 0 bridgehead atoms. The number of rotatable bonds is 5. The summed E-state index contributed by atoms with van der Waals surface area (Å²) in [5.74, 6) is -0.985. The minimum Gasteiger partial charge on any atom is -0.506 e. The van der Waals surface area contributed by atoms with Gasteiger partial charge >= 0.3 is 0 Å². The molecule has 0 aliphatic carbocycles. The molecular weight excluding hydrogens is 342 g/mol. The van der Waals surface area contributed by atoms with Gasteiger partial charge in [-0.3, -0.25) is 9.59 Å².